The minimum absolute atomic E-state index is 0.779. The summed E-state index contributed by atoms with van der Waals surface area (Å²) < 4.78 is 12.3. The lowest BCUT2D eigenvalue weighted by molar-refractivity contribution is 0.322. The summed E-state index contributed by atoms with van der Waals surface area (Å²) >= 11 is 0. The summed E-state index contributed by atoms with van der Waals surface area (Å²) in [6.45, 7) is 12.4. The van der Waals surface area contributed by atoms with Gasteiger partial charge in [-0.1, -0.05) is 25.7 Å². The van der Waals surface area contributed by atoms with Gasteiger partial charge in [-0.15, -0.1) is 0 Å². The van der Waals surface area contributed by atoms with Crippen LogP contribution in [0.4, 0.5) is 0 Å². The molecule has 1 aliphatic rings. The zero-order valence-electron chi connectivity index (χ0n) is 12.2. The summed E-state index contributed by atoms with van der Waals surface area (Å²) in [6.07, 6.45) is 5.36. The molecule has 0 amide bonds. The van der Waals surface area contributed by atoms with E-state index in [1.165, 1.54) is 25.7 Å². The van der Waals surface area contributed by atoms with Crippen LogP contribution in [0.1, 0.15) is 25.7 Å². The number of hydrogen-bond acceptors (Lipinski definition) is 3. The van der Waals surface area contributed by atoms with E-state index in [1.54, 1.807) is 0 Å². The first-order chi connectivity index (χ1) is 7.52. The topological polar surface area (TPSA) is 38.7 Å². The Labute approximate surface area is 109 Å². The molecule has 0 aromatic heterocycles. The lowest BCUT2D eigenvalue weighted by Gasteiger charge is -2.39. The summed E-state index contributed by atoms with van der Waals surface area (Å²) in [5, 5.41) is 0. The average molecular weight is 293 g/mol. The van der Waals surface area contributed by atoms with Crippen molar-refractivity contribution < 1.29 is 13.0 Å². The molecule has 0 unspecified atom stereocenters. The lowest BCUT2D eigenvalue weighted by Crippen LogP contribution is -2.53. The van der Waals surface area contributed by atoms with Gasteiger partial charge in [0.1, 0.15) is 0 Å². The molecular formula is C11H28O3Si3. The fraction of sp³-hybridized carbons (Fsp3) is 1.00. The molecule has 1 aliphatic carbocycles. The molecule has 0 aromatic rings. The standard InChI is InChI=1S/C11H28O3Si3/c1-15(2,11-9-7-8-10-11)13-17(5,6)14-16(3,4)12/h11-12H,7-10H2,1-6H3. The monoisotopic (exact) mass is 292 g/mol. The van der Waals surface area contributed by atoms with Gasteiger partial charge in [-0.3, -0.25) is 0 Å². The van der Waals surface area contributed by atoms with Crippen molar-refractivity contribution in [1.82, 2.24) is 0 Å². The first-order valence-electron chi connectivity index (χ1n) is 6.65. The van der Waals surface area contributed by atoms with E-state index < -0.39 is 25.4 Å². The number of hydrogen-bond donors (Lipinski definition) is 1. The first-order valence-corrected chi connectivity index (χ1v) is 15.3. The molecule has 0 bridgehead atoms. The van der Waals surface area contributed by atoms with Gasteiger partial charge in [0, 0.05) is 0 Å². The van der Waals surface area contributed by atoms with Crippen LogP contribution >= 0.6 is 0 Å². The average Bonchev–Trinajstić information content (AvgIpc) is 2.46. The van der Waals surface area contributed by atoms with Gasteiger partial charge >= 0.3 is 17.1 Å². The maximum Gasteiger partial charge on any atom is 0.320 e. The SMILES string of the molecule is C[Si](C)(O)O[Si](C)(C)O[Si](C)(C)C1CCCC1. The molecule has 1 fully saturated rings. The molecule has 0 spiro atoms. The highest BCUT2D eigenvalue weighted by Gasteiger charge is 2.43. The van der Waals surface area contributed by atoms with Crippen molar-refractivity contribution in [2.45, 2.75) is 70.5 Å². The molecule has 0 saturated heterocycles. The molecule has 0 radical (unpaired) electrons. The predicted octanol–water partition coefficient (Wildman–Crippen LogP) is 3.56. The van der Waals surface area contributed by atoms with Crippen LogP contribution in [0.5, 0.6) is 0 Å². The van der Waals surface area contributed by atoms with Crippen LogP contribution in [0.25, 0.3) is 0 Å². The Morgan fingerprint density at radius 1 is 0.882 bits per heavy atom. The van der Waals surface area contributed by atoms with E-state index in [9.17, 15) is 4.80 Å². The Morgan fingerprint density at radius 2 is 1.35 bits per heavy atom. The Kier molecular flexibility index (Phi) is 4.82. The van der Waals surface area contributed by atoms with E-state index in [0.29, 0.717) is 0 Å². The molecule has 102 valence electrons. The zero-order chi connectivity index (χ0) is 13.3. The van der Waals surface area contributed by atoms with Gasteiger partial charge in [0.15, 0.2) is 8.32 Å². The second kappa shape index (κ2) is 5.26. The van der Waals surface area contributed by atoms with Gasteiger partial charge in [0.25, 0.3) is 0 Å². The van der Waals surface area contributed by atoms with Gasteiger partial charge < -0.3 is 13.0 Å². The predicted molar refractivity (Wildman–Crippen MR) is 79.1 cm³/mol. The van der Waals surface area contributed by atoms with Crippen molar-refractivity contribution in [2.24, 2.45) is 0 Å². The largest absolute Gasteiger partial charge is 0.436 e. The third kappa shape index (κ3) is 5.35. The lowest BCUT2D eigenvalue weighted by atomic mass is 10.4. The molecule has 0 heterocycles. The van der Waals surface area contributed by atoms with Crippen LogP contribution in [-0.4, -0.2) is 30.2 Å². The Bertz CT molecular complexity index is 255. The zero-order valence-corrected chi connectivity index (χ0v) is 15.2. The first kappa shape index (κ1) is 15.6. The highest BCUT2D eigenvalue weighted by molar-refractivity contribution is 6.86. The maximum atomic E-state index is 9.90. The van der Waals surface area contributed by atoms with Crippen molar-refractivity contribution in [3.63, 3.8) is 0 Å². The summed E-state index contributed by atoms with van der Waals surface area (Å²) in [5.41, 5.74) is 0.779. The second-order valence-electron chi connectivity index (χ2n) is 6.64. The van der Waals surface area contributed by atoms with E-state index in [0.717, 1.165) is 5.54 Å². The molecule has 6 heteroatoms. The molecule has 17 heavy (non-hydrogen) atoms. The van der Waals surface area contributed by atoms with Crippen molar-refractivity contribution in [3.05, 3.63) is 0 Å². The van der Waals surface area contributed by atoms with Gasteiger partial charge in [-0.2, -0.15) is 0 Å². The minimum atomic E-state index is -2.47. The molecule has 0 aliphatic heterocycles. The van der Waals surface area contributed by atoms with Gasteiger partial charge in [-0.25, -0.2) is 0 Å². The third-order valence-corrected chi connectivity index (χ3v) is 13.9. The summed E-state index contributed by atoms with van der Waals surface area (Å²) in [7, 11) is -6.30. The minimum Gasteiger partial charge on any atom is -0.436 e. The van der Waals surface area contributed by atoms with E-state index in [4.69, 9.17) is 8.23 Å². The van der Waals surface area contributed by atoms with Crippen LogP contribution in [0.2, 0.25) is 44.8 Å². The third-order valence-electron chi connectivity index (χ3n) is 3.34. The van der Waals surface area contributed by atoms with E-state index in [2.05, 4.69) is 26.2 Å². The summed E-state index contributed by atoms with van der Waals surface area (Å²) in [6, 6.07) is 0. The van der Waals surface area contributed by atoms with Gasteiger partial charge in [0.2, 0.25) is 0 Å². The van der Waals surface area contributed by atoms with Crippen molar-refractivity contribution in [1.29, 1.82) is 0 Å². The Morgan fingerprint density at radius 3 is 1.76 bits per heavy atom. The normalized spacial score (nSPS) is 19.9. The second-order valence-corrected chi connectivity index (χ2v) is 18.0. The molecule has 1 saturated carbocycles. The van der Waals surface area contributed by atoms with Crippen LogP contribution in [0, 0.1) is 0 Å². The van der Waals surface area contributed by atoms with Crippen LogP contribution < -0.4 is 0 Å². The molecule has 0 atom stereocenters. The maximum absolute atomic E-state index is 9.90. The number of rotatable bonds is 5. The molecule has 1 rings (SSSR count). The quantitative estimate of drug-likeness (QED) is 0.787. The summed E-state index contributed by atoms with van der Waals surface area (Å²) in [4.78, 5) is 9.90. The van der Waals surface area contributed by atoms with Crippen LogP contribution in [-0.2, 0) is 8.23 Å². The van der Waals surface area contributed by atoms with E-state index in [1.807, 2.05) is 13.1 Å². The van der Waals surface area contributed by atoms with Crippen molar-refractivity contribution >= 4 is 25.4 Å². The summed E-state index contributed by atoms with van der Waals surface area (Å²) in [5.74, 6) is 0. The fourth-order valence-electron chi connectivity index (χ4n) is 2.96. The molecular weight excluding hydrogens is 264 g/mol. The van der Waals surface area contributed by atoms with Gasteiger partial charge in [0.05, 0.1) is 0 Å². The smallest absolute Gasteiger partial charge is 0.320 e. The fourth-order valence-corrected chi connectivity index (χ4v) is 15.8. The molecule has 3 nitrogen and oxygen atoms in total. The van der Waals surface area contributed by atoms with Crippen LogP contribution in [0.3, 0.4) is 0 Å². The van der Waals surface area contributed by atoms with Crippen molar-refractivity contribution in [3.8, 4) is 0 Å². The molecule has 0 aromatic carbocycles. The van der Waals surface area contributed by atoms with Crippen molar-refractivity contribution in [2.75, 3.05) is 0 Å². The Balaban J connectivity index is 2.61. The highest BCUT2D eigenvalue weighted by atomic mass is 28.5. The Hall–Kier alpha value is 0.531. The van der Waals surface area contributed by atoms with E-state index >= 15 is 0 Å². The van der Waals surface area contributed by atoms with Gasteiger partial charge in [-0.05, 0) is 44.8 Å². The molecule has 1 N–H and O–H groups in total. The van der Waals surface area contributed by atoms with Crippen LogP contribution in [0.15, 0.2) is 0 Å². The highest BCUT2D eigenvalue weighted by Crippen LogP contribution is 2.40. The van der Waals surface area contributed by atoms with E-state index in [-0.39, 0.29) is 0 Å².